The summed E-state index contributed by atoms with van der Waals surface area (Å²) in [5.41, 5.74) is 5.54. The van der Waals surface area contributed by atoms with E-state index in [0.717, 1.165) is 38.6 Å². The van der Waals surface area contributed by atoms with Crippen molar-refractivity contribution in [2.45, 2.75) is 76.3 Å². The van der Waals surface area contributed by atoms with Gasteiger partial charge in [-0.15, -0.1) is 0 Å². The van der Waals surface area contributed by atoms with E-state index in [1.54, 1.807) is 0 Å². The highest BCUT2D eigenvalue weighted by atomic mass is 16.1. The van der Waals surface area contributed by atoms with E-state index in [1.807, 2.05) is 0 Å². The fraction of sp³-hybridized carbons (Fsp3) is 0.933. The van der Waals surface area contributed by atoms with Crippen LogP contribution in [0.15, 0.2) is 0 Å². The van der Waals surface area contributed by atoms with Crippen LogP contribution in [0.4, 0.5) is 0 Å². The molecule has 1 heterocycles. The quantitative estimate of drug-likeness (QED) is 0.755. The minimum Gasteiger partial charge on any atom is -0.330 e. The summed E-state index contributed by atoms with van der Waals surface area (Å²) >= 11 is 0. The van der Waals surface area contributed by atoms with Gasteiger partial charge in [0.1, 0.15) is 0 Å². The summed E-state index contributed by atoms with van der Waals surface area (Å²) in [5.74, 6) is 0.833. The van der Waals surface area contributed by atoms with Gasteiger partial charge in [0.2, 0.25) is 0 Å². The van der Waals surface area contributed by atoms with Gasteiger partial charge in [-0.2, -0.15) is 0 Å². The Kier molecular flexibility index (Phi) is 5.64. The van der Waals surface area contributed by atoms with Gasteiger partial charge in [0, 0.05) is 12.0 Å². The molecule has 2 aliphatic rings. The average molecular weight is 252 g/mol. The van der Waals surface area contributed by atoms with E-state index < -0.39 is 0 Å². The molecule has 0 aromatic carbocycles. The Hall–Kier alpha value is -0.410. The highest BCUT2D eigenvalue weighted by Crippen LogP contribution is 2.28. The number of nitrogens with two attached hydrogens (primary N) is 1. The van der Waals surface area contributed by atoms with Gasteiger partial charge in [-0.25, -0.2) is 0 Å². The Morgan fingerprint density at radius 2 is 1.89 bits per heavy atom. The predicted octanol–water partition coefficient (Wildman–Crippen LogP) is 2.39. The van der Waals surface area contributed by atoms with Crippen molar-refractivity contribution in [2.75, 3.05) is 6.54 Å². The number of fused-ring (bicyclic) bond motifs is 3. The molecule has 3 atom stereocenters. The van der Waals surface area contributed by atoms with Crippen LogP contribution in [0.25, 0.3) is 0 Å². The minimum absolute atomic E-state index is 0.118. The number of hydrogen-bond acceptors (Lipinski definition) is 3. The molecule has 3 nitrogen and oxygen atoms in total. The maximum Gasteiger partial charge on any atom is 0.152 e. The van der Waals surface area contributed by atoms with Gasteiger partial charge < -0.3 is 11.1 Å². The lowest BCUT2D eigenvalue weighted by molar-refractivity contribution is -0.125. The monoisotopic (exact) mass is 252 g/mol. The maximum atomic E-state index is 12.5. The van der Waals surface area contributed by atoms with Gasteiger partial charge in [-0.05, 0) is 45.1 Å². The van der Waals surface area contributed by atoms with E-state index in [4.69, 9.17) is 5.73 Å². The number of carbonyl (C=O) groups excluding carboxylic acids is 1. The van der Waals surface area contributed by atoms with Crippen LogP contribution < -0.4 is 11.1 Å². The third-order valence-electron chi connectivity index (χ3n) is 4.60. The lowest BCUT2D eigenvalue weighted by Crippen LogP contribution is -2.43. The molecule has 0 aromatic rings. The van der Waals surface area contributed by atoms with E-state index in [0.29, 0.717) is 17.7 Å². The number of rotatable bonds is 4. The number of nitrogens with one attached hydrogen (secondary N) is 1. The lowest BCUT2D eigenvalue weighted by atomic mass is 9.89. The van der Waals surface area contributed by atoms with Crippen molar-refractivity contribution in [3.05, 3.63) is 0 Å². The molecule has 104 valence electrons. The van der Waals surface area contributed by atoms with Gasteiger partial charge in [0.05, 0.1) is 6.04 Å². The van der Waals surface area contributed by atoms with Crippen LogP contribution in [0.3, 0.4) is 0 Å². The molecular weight excluding hydrogens is 224 g/mol. The van der Waals surface area contributed by atoms with E-state index in [9.17, 15) is 4.79 Å². The molecule has 1 saturated carbocycles. The smallest absolute Gasteiger partial charge is 0.152 e. The third kappa shape index (κ3) is 3.79. The van der Waals surface area contributed by atoms with Crippen molar-refractivity contribution in [1.82, 2.24) is 5.32 Å². The van der Waals surface area contributed by atoms with Crippen LogP contribution in [0.1, 0.15) is 64.2 Å². The van der Waals surface area contributed by atoms with Gasteiger partial charge >= 0.3 is 0 Å². The molecule has 0 aromatic heterocycles. The molecular formula is C15H28N2O. The van der Waals surface area contributed by atoms with Gasteiger partial charge in [-0.3, -0.25) is 4.79 Å². The van der Waals surface area contributed by atoms with E-state index in [-0.39, 0.29) is 6.04 Å². The fourth-order valence-corrected chi connectivity index (χ4v) is 3.47. The molecule has 1 aliphatic carbocycles. The summed E-state index contributed by atoms with van der Waals surface area (Å²) in [6, 6.07) is 0.701. The largest absolute Gasteiger partial charge is 0.330 e. The Labute approximate surface area is 111 Å². The first kappa shape index (κ1) is 14.0. The number of unbranched alkanes of at least 4 members (excludes halogenated alkanes) is 1. The molecule has 2 bridgehead atoms. The second-order valence-electron chi connectivity index (χ2n) is 6.02. The summed E-state index contributed by atoms with van der Waals surface area (Å²) in [7, 11) is 0. The molecule has 1 saturated heterocycles. The molecule has 0 spiro atoms. The summed E-state index contributed by atoms with van der Waals surface area (Å²) < 4.78 is 0. The lowest BCUT2D eigenvalue weighted by Gasteiger charge is -2.23. The highest BCUT2D eigenvalue weighted by molar-refractivity contribution is 5.86. The third-order valence-corrected chi connectivity index (χ3v) is 4.60. The average Bonchev–Trinajstić information content (AvgIpc) is 2.47. The number of ketones is 1. The second-order valence-corrected chi connectivity index (χ2v) is 6.02. The zero-order valence-electron chi connectivity index (χ0n) is 11.5. The standard InChI is InChI=1S/C15H28N2O/c16-11-5-4-8-14-15(18)12-6-2-1-3-7-13(17-14)10-9-12/h12-14,17H,1-11,16H2. The Morgan fingerprint density at radius 3 is 2.72 bits per heavy atom. The summed E-state index contributed by atoms with van der Waals surface area (Å²) in [6.07, 6.45) is 11.7. The Bertz CT molecular complexity index is 267. The molecule has 0 amide bonds. The van der Waals surface area contributed by atoms with Gasteiger partial charge in [0.15, 0.2) is 5.78 Å². The van der Waals surface area contributed by atoms with E-state index in [1.165, 1.54) is 32.1 Å². The predicted molar refractivity (Wildman–Crippen MR) is 74.4 cm³/mol. The Morgan fingerprint density at radius 1 is 1.06 bits per heavy atom. The molecule has 0 radical (unpaired) electrons. The molecule has 1 aliphatic heterocycles. The summed E-state index contributed by atoms with van der Waals surface area (Å²) in [4.78, 5) is 12.5. The van der Waals surface area contributed by atoms with Crippen molar-refractivity contribution < 1.29 is 4.79 Å². The normalized spacial score (nSPS) is 33.6. The second kappa shape index (κ2) is 7.25. The first-order valence-corrected chi connectivity index (χ1v) is 7.81. The van der Waals surface area contributed by atoms with Gasteiger partial charge in [-0.1, -0.05) is 25.7 Å². The minimum atomic E-state index is 0.118. The van der Waals surface area contributed by atoms with Crippen molar-refractivity contribution in [3.8, 4) is 0 Å². The maximum absolute atomic E-state index is 12.5. The van der Waals surface area contributed by atoms with Crippen LogP contribution >= 0.6 is 0 Å². The number of carbonyl (C=O) groups is 1. The van der Waals surface area contributed by atoms with Crippen LogP contribution in [-0.4, -0.2) is 24.4 Å². The van der Waals surface area contributed by atoms with Crippen molar-refractivity contribution in [1.29, 1.82) is 0 Å². The molecule has 3 unspecified atom stereocenters. The van der Waals surface area contributed by atoms with Crippen LogP contribution in [0.5, 0.6) is 0 Å². The van der Waals surface area contributed by atoms with Crippen molar-refractivity contribution in [2.24, 2.45) is 11.7 Å². The number of Topliss-reactive ketones (excluding diaryl/α,β-unsaturated/α-hetero) is 1. The zero-order valence-corrected chi connectivity index (χ0v) is 11.5. The molecule has 18 heavy (non-hydrogen) atoms. The topological polar surface area (TPSA) is 55.1 Å². The first-order chi connectivity index (χ1) is 8.81. The zero-order chi connectivity index (χ0) is 12.8. The van der Waals surface area contributed by atoms with Crippen LogP contribution in [-0.2, 0) is 4.79 Å². The molecule has 2 fully saturated rings. The SMILES string of the molecule is NCCCCC1NC2CCCCCC(CC2)C1=O. The van der Waals surface area contributed by atoms with Crippen molar-refractivity contribution >= 4 is 5.78 Å². The van der Waals surface area contributed by atoms with E-state index in [2.05, 4.69) is 5.32 Å². The molecule has 3 heteroatoms. The van der Waals surface area contributed by atoms with Crippen LogP contribution in [0.2, 0.25) is 0 Å². The Balaban J connectivity index is 1.97. The fourth-order valence-electron chi connectivity index (χ4n) is 3.47. The summed E-state index contributed by atoms with van der Waals surface area (Å²) in [5, 5.41) is 3.63. The first-order valence-electron chi connectivity index (χ1n) is 7.81. The highest BCUT2D eigenvalue weighted by Gasteiger charge is 2.32. The van der Waals surface area contributed by atoms with Gasteiger partial charge in [0.25, 0.3) is 0 Å². The van der Waals surface area contributed by atoms with E-state index >= 15 is 0 Å². The van der Waals surface area contributed by atoms with Crippen molar-refractivity contribution in [3.63, 3.8) is 0 Å². The molecule has 3 N–H and O–H groups in total. The molecule has 2 rings (SSSR count). The summed E-state index contributed by atoms with van der Waals surface area (Å²) in [6.45, 7) is 0.744. The van der Waals surface area contributed by atoms with Crippen LogP contribution in [0, 0.1) is 5.92 Å². The number of hydrogen-bond donors (Lipinski definition) is 2.